The predicted molar refractivity (Wildman–Crippen MR) is 52.3 cm³/mol. The Hall–Kier alpha value is -1.56. The maximum atomic E-state index is 10.9. The molecule has 0 saturated heterocycles. The third kappa shape index (κ3) is 2.74. The zero-order chi connectivity index (χ0) is 10.8. The molecule has 14 heavy (non-hydrogen) atoms. The molecule has 1 rings (SSSR count). The van der Waals surface area contributed by atoms with E-state index in [1.54, 1.807) is 12.1 Å². The van der Waals surface area contributed by atoms with Crippen molar-refractivity contribution in [2.24, 2.45) is 0 Å². The summed E-state index contributed by atoms with van der Waals surface area (Å²) in [7, 11) is -3.42. The molecule has 1 aromatic carbocycles. The minimum atomic E-state index is -3.42. The lowest BCUT2D eigenvalue weighted by Crippen LogP contribution is -2.13. The summed E-state index contributed by atoms with van der Waals surface area (Å²) < 4.78 is 23.9. The van der Waals surface area contributed by atoms with Crippen molar-refractivity contribution in [1.29, 1.82) is 0 Å². The molecule has 5 nitrogen and oxygen atoms in total. The van der Waals surface area contributed by atoms with Gasteiger partial charge in [0.1, 0.15) is 0 Å². The van der Waals surface area contributed by atoms with Crippen LogP contribution in [-0.2, 0) is 10.0 Å². The Morgan fingerprint density at radius 2 is 1.93 bits per heavy atom. The van der Waals surface area contributed by atoms with Crippen LogP contribution in [0.5, 0.6) is 0 Å². The van der Waals surface area contributed by atoms with Crippen molar-refractivity contribution < 1.29 is 13.2 Å². The lowest BCUT2D eigenvalue weighted by atomic mass is 10.2. The Morgan fingerprint density at radius 3 is 2.43 bits per heavy atom. The molecule has 0 spiro atoms. The third-order valence-electron chi connectivity index (χ3n) is 1.47. The zero-order valence-electron chi connectivity index (χ0n) is 7.44. The van der Waals surface area contributed by atoms with Crippen LogP contribution in [0.15, 0.2) is 24.3 Å². The Balaban J connectivity index is 3.15. The fourth-order valence-electron chi connectivity index (χ4n) is 0.970. The zero-order valence-corrected chi connectivity index (χ0v) is 8.26. The molecule has 1 amide bonds. The summed E-state index contributed by atoms with van der Waals surface area (Å²) in [6.45, 7) is 0. The first-order chi connectivity index (χ1) is 6.40. The first-order valence-corrected chi connectivity index (χ1v) is 5.62. The van der Waals surface area contributed by atoms with E-state index in [0.29, 0.717) is 0 Å². The molecule has 0 atom stereocenters. The number of hydrogen-bond donors (Lipinski definition) is 1. The molecule has 0 saturated carbocycles. The quantitative estimate of drug-likeness (QED) is 0.792. The normalized spacial score (nSPS) is 10.9. The van der Waals surface area contributed by atoms with Gasteiger partial charge in [0.05, 0.1) is 17.5 Å². The van der Waals surface area contributed by atoms with Crippen molar-refractivity contribution >= 4 is 21.6 Å². The first-order valence-electron chi connectivity index (χ1n) is 3.73. The van der Waals surface area contributed by atoms with Crippen molar-refractivity contribution in [2.75, 3.05) is 11.0 Å². The number of hydrogen-bond acceptors (Lipinski definition) is 3. The number of carbonyl (C=O) groups excluding carboxylic acids is 1. The monoisotopic (exact) mass is 213 g/mol. The van der Waals surface area contributed by atoms with E-state index in [1.807, 2.05) is 0 Å². The van der Waals surface area contributed by atoms with E-state index in [4.69, 9.17) is 5.73 Å². The first kappa shape index (κ1) is 10.5. The molecule has 0 aromatic heterocycles. The van der Waals surface area contributed by atoms with Crippen molar-refractivity contribution in [1.82, 2.24) is 5.73 Å². The summed E-state index contributed by atoms with van der Waals surface area (Å²) in [6.07, 6.45) is 0.984. The van der Waals surface area contributed by atoms with E-state index in [-0.39, 0.29) is 11.3 Å². The van der Waals surface area contributed by atoms with Gasteiger partial charge in [0.2, 0.25) is 10.0 Å². The highest BCUT2D eigenvalue weighted by molar-refractivity contribution is 7.92. The van der Waals surface area contributed by atoms with Crippen LogP contribution < -0.4 is 10.5 Å². The Labute approximate surface area is 82.0 Å². The number of sulfonamides is 1. The lowest BCUT2D eigenvalue weighted by Gasteiger charge is -2.06. The van der Waals surface area contributed by atoms with Gasteiger partial charge < -0.3 is 0 Å². The fraction of sp³-hybridized carbons (Fsp3) is 0.125. The molecular weight excluding hydrogens is 204 g/mol. The molecule has 0 unspecified atom stereocenters. The van der Waals surface area contributed by atoms with Crippen molar-refractivity contribution in [2.45, 2.75) is 0 Å². The number of benzene rings is 1. The molecule has 0 aliphatic heterocycles. The van der Waals surface area contributed by atoms with Gasteiger partial charge in [-0.05, 0) is 12.1 Å². The number of nitrogens with one attached hydrogen (secondary N) is 2. The maximum Gasteiger partial charge on any atom is 0.271 e. The molecule has 0 aliphatic rings. The van der Waals surface area contributed by atoms with E-state index in [0.717, 1.165) is 6.26 Å². The predicted octanol–water partition coefficient (Wildman–Crippen LogP) is 0.481. The van der Waals surface area contributed by atoms with Gasteiger partial charge in [0.15, 0.2) is 0 Å². The standard InChI is InChI=1S/C8H9N2O3S/c1-14(12,13)10-7-5-3-2-4-6(7)8(9)11/h2-5,9-10H,1H3. The average molecular weight is 213 g/mol. The van der Waals surface area contributed by atoms with E-state index < -0.39 is 15.9 Å². The van der Waals surface area contributed by atoms with E-state index >= 15 is 0 Å². The molecular formula is C8H9N2O3S. The lowest BCUT2D eigenvalue weighted by molar-refractivity contribution is 0.0993. The molecule has 0 heterocycles. The van der Waals surface area contributed by atoms with Crippen LogP contribution in [-0.4, -0.2) is 20.6 Å². The van der Waals surface area contributed by atoms with Gasteiger partial charge in [-0.1, -0.05) is 12.1 Å². The van der Waals surface area contributed by atoms with Crippen LogP contribution in [0.3, 0.4) is 0 Å². The second kappa shape index (κ2) is 3.67. The fourth-order valence-corrected chi connectivity index (χ4v) is 1.55. The highest BCUT2D eigenvalue weighted by Gasteiger charge is 2.10. The molecule has 2 N–H and O–H groups in total. The summed E-state index contributed by atoms with van der Waals surface area (Å²) in [5, 5.41) is 0. The van der Waals surface area contributed by atoms with Gasteiger partial charge in [0.25, 0.3) is 5.91 Å². The Kier molecular flexibility index (Phi) is 2.76. The molecule has 0 bridgehead atoms. The average Bonchev–Trinajstić information content (AvgIpc) is 2.01. The van der Waals surface area contributed by atoms with Gasteiger partial charge in [0, 0.05) is 0 Å². The van der Waals surface area contributed by atoms with Gasteiger partial charge >= 0.3 is 0 Å². The number of anilines is 1. The molecule has 0 aliphatic carbocycles. The number of para-hydroxylation sites is 1. The largest absolute Gasteiger partial charge is 0.283 e. The van der Waals surface area contributed by atoms with E-state index in [1.165, 1.54) is 12.1 Å². The highest BCUT2D eigenvalue weighted by Crippen LogP contribution is 2.15. The smallest absolute Gasteiger partial charge is 0.271 e. The van der Waals surface area contributed by atoms with Crippen molar-refractivity contribution in [3.05, 3.63) is 29.8 Å². The van der Waals surface area contributed by atoms with Crippen LogP contribution in [0.2, 0.25) is 0 Å². The van der Waals surface area contributed by atoms with Crippen molar-refractivity contribution in [3.8, 4) is 0 Å². The summed E-state index contributed by atoms with van der Waals surface area (Å²) in [4.78, 5) is 10.8. The maximum absolute atomic E-state index is 10.9. The van der Waals surface area contributed by atoms with Crippen LogP contribution in [0.4, 0.5) is 5.69 Å². The minimum Gasteiger partial charge on any atom is -0.283 e. The second-order valence-corrected chi connectivity index (χ2v) is 4.50. The van der Waals surface area contributed by atoms with Crippen molar-refractivity contribution in [3.63, 3.8) is 0 Å². The number of carbonyl (C=O) groups is 1. The number of rotatable bonds is 3. The minimum absolute atomic E-state index is 0.0397. The van der Waals surface area contributed by atoms with E-state index in [9.17, 15) is 13.2 Å². The molecule has 1 radical (unpaired) electrons. The van der Waals surface area contributed by atoms with Crippen LogP contribution >= 0.6 is 0 Å². The second-order valence-electron chi connectivity index (χ2n) is 2.75. The van der Waals surface area contributed by atoms with E-state index in [2.05, 4.69) is 4.72 Å². The molecule has 1 aromatic rings. The topological polar surface area (TPSA) is 87.0 Å². The van der Waals surface area contributed by atoms with Gasteiger partial charge in [-0.3, -0.25) is 15.3 Å². The van der Waals surface area contributed by atoms with Crippen LogP contribution in [0.1, 0.15) is 10.4 Å². The SMILES string of the molecule is CS(=O)(=O)Nc1ccccc1C([NH])=O. The summed E-state index contributed by atoms with van der Waals surface area (Å²) >= 11 is 0. The Morgan fingerprint density at radius 1 is 1.36 bits per heavy atom. The summed E-state index contributed by atoms with van der Waals surface area (Å²) in [5.41, 5.74) is 7.07. The van der Waals surface area contributed by atoms with Crippen LogP contribution in [0, 0.1) is 0 Å². The Bertz CT molecular complexity index is 453. The summed E-state index contributed by atoms with van der Waals surface area (Å²) in [5.74, 6) is -0.920. The van der Waals surface area contributed by atoms with Crippen LogP contribution in [0.25, 0.3) is 0 Å². The van der Waals surface area contributed by atoms with Gasteiger partial charge in [-0.15, -0.1) is 0 Å². The summed E-state index contributed by atoms with van der Waals surface area (Å²) in [6, 6.07) is 5.97. The third-order valence-corrected chi connectivity index (χ3v) is 2.06. The molecule has 75 valence electrons. The number of amides is 1. The molecule has 6 heteroatoms. The highest BCUT2D eigenvalue weighted by atomic mass is 32.2. The van der Waals surface area contributed by atoms with Gasteiger partial charge in [-0.2, -0.15) is 0 Å². The molecule has 0 fully saturated rings. The van der Waals surface area contributed by atoms with Gasteiger partial charge in [-0.25, -0.2) is 8.42 Å².